The van der Waals surface area contributed by atoms with Gasteiger partial charge in [-0.1, -0.05) is 12.1 Å². The van der Waals surface area contributed by atoms with Crippen molar-refractivity contribution in [1.82, 2.24) is 9.13 Å². The van der Waals surface area contributed by atoms with Gasteiger partial charge in [-0.25, -0.2) is 9.59 Å². The molecule has 1 amide bonds. The maximum Gasteiger partial charge on any atom is 0.335 e. The van der Waals surface area contributed by atoms with Gasteiger partial charge in [-0.05, 0) is 44.2 Å². The van der Waals surface area contributed by atoms with Gasteiger partial charge in [-0.2, -0.15) is 0 Å². The average molecular weight is 383 g/mol. The van der Waals surface area contributed by atoms with Crippen molar-refractivity contribution in [3.63, 3.8) is 0 Å². The van der Waals surface area contributed by atoms with Gasteiger partial charge in [0.1, 0.15) is 12.3 Å². The number of imidazole rings is 1. The van der Waals surface area contributed by atoms with Gasteiger partial charge in [-0.3, -0.25) is 13.9 Å². The number of ether oxygens (including phenoxy) is 1. The number of para-hydroxylation sites is 2. The summed E-state index contributed by atoms with van der Waals surface area (Å²) >= 11 is 0. The van der Waals surface area contributed by atoms with Crippen LogP contribution in [0.2, 0.25) is 0 Å². The molecule has 146 valence electrons. The molecule has 8 heteroatoms. The number of fused-ring (bicyclic) bond motifs is 1. The standard InChI is InChI=1S/C20H21N3O5/c1-12(2)28-17-9-8-13(19(25)26)10-14(17)21-18(24)11-23-16-7-5-4-6-15(16)22(3)20(23)27/h4-10,12H,11H2,1-3H3,(H,21,24)(H,25,26). The number of hydrogen-bond acceptors (Lipinski definition) is 4. The van der Waals surface area contributed by atoms with E-state index in [9.17, 15) is 19.5 Å². The predicted octanol–water partition coefficient (Wildman–Crippen LogP) is 2.46. The summed E-state index contributed by atoms with van der Waals surface area (Å²) in [6.07, 6.45) is -0.160. The first kappa shape index (κ1) is 19.2. The number of carbonyl (C=O) groups excluding carboxylic acids is 1. The number of carboxylic acid groups (broad SMARTS) is 1. The SMILES string of the molecule is CC(C)Oc1ccc(C(=O)O)cc1NC(=O)Cn1c(=O)n(C)c2ccccc21. The number of nitrogens with one attached hydrogen (secondary N) is 1. The van der Waals surface area contributed by atoms with E-state index in [1.807, 2.05) is 19.9 Å². The molecular weight excluding hydrogens is 362 g/mol. The molecule has 28 heavy (non-hydrogen) atoms. The van der Waals surface area contributed by atoms with E-state index in [4.69, 9.17) is 4.74 Å². The summed E-state index contributed by atoms with van der Waals surface area (Å²) in [5, 5.41) is 11.9. The lowest BCUT2D eigenvalue weighted by Gasteiger charge is -2.15. The normalized spacial score (nSPS) is 11.0. The van der Waals surface area contributed by atoms with Gasteiger partial charge in [0.05, 0.1) is 28.4 Å². The molecule has 0 aliphatic heterocycles. The van der Waals surface area contributed by atoms with Crippen molar-refractivity contribution in [2.75, 3.05) is 5.32 Å². The van der Waals surface area contributed by atoms with Crippen LogP contribution in [0.25, 0.3) is 11.0 Å². The molecule has 0 saturated heterocycles. The fourth-order valence-electron chi connectivity index (χ4n) is 2.97. The molecule has 2 aromatic carbocycles. The molecule has 0 bridgehead atoms. The Morgan fingerprint density at radius 1 is 1.14 bits per heavy atom. The molecule has 0 aliphatic rings. The molecule has 8 nitrogen and oxygen atoms in total. The third-order valence-electron chi connectivity index (χ3n) is 4.22. The molecule has 0 saturated carbocycles. The van der Waals surface area contributed by atoms with Crippen molar-refractivity contribution >= 4 is 28.6 Å². The highest BCUT2D eigenvalue weighted by Crippen LogP contribution is 2.27. The van der Waals surface area contributed by atoms with Crippen molar-refractivity contribution in [3.8, 4) is 5.75 Å². The predicted molar refractivity (Wildman–Crippen MR) is 105 cm³/mol. The van der Waals surface area contributed by atoms with Gasteiger partial charge in [0.15, 0.2) is 0 Å². The van der Waals surface area contributed by atoms with E-state index < -0.39 is 11.9 Å². The smallest absolute Gasteiger partial charge is 0.335 e. The van der Waals surface area contributed by atoms with E-state index in [0.717, 1.165) is 5.52 Å². The molecule has 0 aliphatic carbocycles. The van der Waals surface area contributed by atoms with Gasteiger partial charge >= 0.3 is 11.7 Å². The van der Waals surface area contributed by atoms with Crippen LogP contribution < -0.4 is 15.7 Å². The largest absolute Gasteiger partial charge is 0.489 e. The topological polar surface area (TPSA) is 103 Å². The Labute approximate surface area is 161 Å². The zero-order valence-corrected chi connectivity index (χ0v) is 15.8. The van der Waals surface area contributed by atoms with Crippen LogP contribution in [0.5, 0.6) is 5.75 Å². The molecule has 3 aromatic rings. The van der Waals surface area contributed by atoms with E-state index in [1.165, 1.54) is 27.3 Å². The number of hydrogen-bond donors (Lipinski definition) is 2. The zero-order valence-electron chi connectivity index (χ0n) is 15.8. The number of aromatic carboxylic acids is 1. The fourth-order valence-corrected chi connectivity index (χ4v) is 2.97. The highest BCUT2D eigenvalue weighted by atomic mass is 16.5. The van der Waals surface area contributed by atoms with Crippen LogP contribution in [-0.2, 0) is 18.4 Å². The van der Waals surface area contributed by atoms with Gasteiger partial charge in [0, 0.05) is 7.05 Å². The van der Waals surface area contributed by atoms with Crippen LogP contribution >= 0.6 is 0 Å². The maximum absolute atomic E-state index is 12.6. The molecular formula is C20H21N3O5. The van der Waals surface area contributed by atoms with Crippen LogP contribution in [0.15, 0.2) is 47.3 Å². The Balaban J connectivity index is 1.91. The highest BCUT2D eigenvalue weighted by Gasteiger charge is 2.16. The Morgan fingerprint density at radius 3 is 2.46 bits per heavy atom. The summed E-state index contributed by atoms with van der Waals surface area (Å²) in [7, 11) is 1.64. The number of aryl methyl sites for hydroxylation is 1. The van der Waals surface area contributed by atoms with Crippen LogP contribution in [0.3, 0.4) is 0 Å². The summed E-state index contributed by atoms with van der Waals surface area (Å²) in [5.41, 5.74) is 1.31. The number of carbonyl (C=O) groups is 2. The number of anilines is 1. The Hall–Kier alpha value is -3.55. The zero-order chi connectivity index (χ0) is 20.4. The summed E-state index contributed by atoms with van der Waals surface area (Å²) in [5.74, 6) is -1.22. The molecule has 0 unspecified atom stereocenters. The Bertz CT molecular complexity index is 1110. The Morgan fingerprint density at radius 2 is 1.82 bits per heavy atom. The molecule has 1 heterocycles. The van der Waals surface area contributed by atoms with Crippen LogP contribution in [-0.4, -0.2) is 32.2 Å². The van der Waals surface area contributed by atoms with Gasteiger partial charge in [-0.15, -0.1) is 0 Å². The number of amides is 1. The summed E-state index contributed by atoms with van der Waals surface area (Å²) < 4.78 is 8.49. The lowest BCUT2D eigenvalue weighted by atomic mass is 10.2. The second kappa shape index (κ2) is 7.59. The molecule has 3 rings (SSSR count). The first-order chi connectivity index (χ1) is 13.3. The molecule has 0 atom stereocenters. The van der Waals surface area contributed by atoms with E-state index >= 15 is 0 Å². The molecule has 1 aromatic heterocycles. The molecule has 0 spiro atoms. The third-order valence-corrected chi connectivity index (χ3v) is 4.22. The van der Waals surface area contributed by atoms with E-state index in [2.05, 4.69) is 5.32 Å². The first-order valence-electron chi connectivity index (χ1n) is 8.76. The number of rotatable bonds is 6. The lowest BCUT2D eigenvalue weighted by molar-refractivity contribution is -0.116. The van der Waals surface area contributed by atoms with Gasteiger partial charge < -0.3 is 15.2 Å². The number of aromatic nitrogens is 2. The van der Waals surface area contributed by atoms with Crippen molar-refractivity contribution in [2.24, 2.45) is 7.05 Å². The minimum atomic E-state index is -1.11. The van der Waals surface area contributed by atoms with Gasteiger partial charge in [0.2, 0.25) is 5.91 Å². The highest BCUT2D eigenvalue weighted by molar-refractivity contribution is 5.96. The second-order valence-electron chi connectivity index (χ2n) is 6.65. The number of nitrogens with zero attached hydrogens (tertiary/aromatic N) is 2. The van der Waals surface area contributed by atoms with Crippen molar-refractivity contribution in [1.29, 1.82) is 0 Å². The van der Waals surface area contributed by atoms with Crippen molar-refractivity contribution in [2.45, 2.75) is 26.5 Å². The van der Waals surface area contributed by atoms with E-state index in [0.29, 0.717) is 11.3 Å². The van der Waals surface area contributed by atoms with Crippen molar-refractivity contribution < 1.29 is 19.4 Å². The lowest BCUT2D eigenvalue weighted by Crippen LogP contribution is -2.28. The minimum Gasteiger partial charge on any atom is -0.489 e. The molecule has 0 radical (unpaired) electrons. The second-order valence-corrected chi connectivity index (χ2v) is 6.65. The van der Waals surface area contributed by atoms with E-state index in [1.54, 1.807) is 25.2 Å². The summed E-state index contributed by atoms with van der Waals surface area (Å²) in [6.45, 7) is 3.44. The van der Waals surface area contributed by atoms with Crippen molar-refractivity contribution in [3.05, 3.63) is 58.5 Å². The first-order valence-corrected chi connectivity index (χ1v) is 8.76. The molecule has 2 N–H and O–H groups in total. The monoisotopic (exact) mass is 383 g/mol. The quantitative estimate of drug-likeness (QED) is 0.681. The third kappa shape index (κ3) is 3.75. The molecule has 0 fully saturated rings. The summed E-state index contributed by atoms with van der Waals surface area (Å²) in [6, 6.07) is 11.4. The summed E-state index contributed by atoms with van der Waals surface area (Å²) in [4.78, 5) is 36.4. The minimum absolute atomic E-state index is 0.0220. The fraction of sp³-hybridized carbons (Fsp3) is 0.250. The Kier molecular flexibility index (Phi) is 5.21. The number of carboxylic acids is 1. The van der Waals surface area contributed by atoms with Crippen LogP contribution in [0, 0.1) is 0 Å². The van der Waals surface area contributed by atoms with Crippen LogP contribution in [0.4, 0.5) is 5.69 Å². The van der Waals surface area contributed by atoms with Crippen LogP contribution in [0.1, 0.15) is 24.2 Å². The number of benzene rings is 2. The average Bonchev–Trinajstić information content (AvgIpc) is 2.88. The van der Waals surface area contributed by atoms with E-state index in [-0.39, 0.29) is 29.6 Å². The van der Waals surface area contributed by atoms with Gasteiger partial charge in [0.25, 0.3) is 0 Å². The maximum atomic E-state index is 12.6.